The highest BCUT2D eigenvalue weighted by atomic mass is 16.5. The monoisotopic (exact) mass is 348 g/mol. The summed E-state index contributed by atoms with van der Waals surface area (Å²) < 4.78 is 5.94. The summed E-state index contributed by atoms with van der Waals surface area (Å²) in [7, 11) is 1.74. The molecule has 3 aliphatic heterocycles. The Balaban J connectivity index is 1.79. The van der Waals surface area contributed by atoms with Gasteiger partial charge in [-0.1, -0.05) is 48.2 Å². The number of methoxy groups -OCH3 is 1. The van der Waals surface area contributed by atoms with E-state index in [9.17, 15) is 5.11 Å². The number of hydrogen-bond donors (Lipinski definition) is 1. The van der Waals surface area contributed by atoms with Crippen LogP contribution in [0.15, 0.2) is 54.9 Å². The molecular formula is C22H24N2O2. The molecule has 4 heteroatoms. The Morgan fingerprint density at radius 2 is 1.88 bits per heavy atom. The molecule has 0 spiro atoms. The van der Waals surface area contributed by atoms with Gasteiger partial charge in [-0.25, -0.2) is 0 Å². The molecule has 2 aromatic rings. The van der Waals surface area contributed by atoms with Gasteiger partial charge < -0.3 is 9.84 Å². The van der Waals surface area contributed by atoms with Crippen molar-refractivity contribution in [1.29, 1.82) is 0 Å². The van der Waals surface area contributed by atoms with Crippen LogP contribution in [-0.4, -0.2) is 47.3 Å². The largest absolute Gasteiger partial charge is 0.369 e. The molecule has 4 heterocycles. The van der Waals surface area contributed by atoms with E-state index in [0.717, 1.165) is 38.0 Å². The van der Waals surface area contributed by atoms with Crippen molar-refractivity contribution >= 4 is 0 Å². The first-order valence-corrected chi connectivity index (χ1v) is 9.16. The SMILES string of the molecule is CO[C@]1(C#CC(O)(c2ccccc2)c2cccnc2)CN2CCC1CC2. The first-order chi connectivity index (χ1) is 12.7. The zero-order chi connectivity index (χ0) is 18.0. The maximum Gasteiger partial charge on any atom is 0.178 e. The average Bonchev–Trinajstić information content (AvgIpc) is 2.74. The lowest BCUT2D eigenvalue weighted by molar-refractivity contribution is -0.0964. The Morgan fingerprint density at radius 3 is 2.46 bits per heavy atom. The number of benzene rings is 1. The van der Waals surface area contributed by atoms with Gasteiger partial charge in [-0.3, -0.25) is 9.88 Å². The van der Waals surface area contributed by atoms with Crippen LogP contribution in [0.5, 0.6) is 0 Å². The summed E-state index contributed by atoms with van der Waals surface area (Å²) in [5.41, 5.74) is -0.506. The molecule has 0 aliphatic carbocycles. The van der Waals surface area contributed by atoms with Gasteiger partial charge in [0.1, 0.15) is 5.60 Å². The highest BCUT2D eigenvalue weighted by molar-refractivity contribution is 5.44. The number of aliphatic hydroxyl groups is 1. The average molecular weight is 348 g/mol. The zero-order valence-electron chi connectivity index (χ0n) is 15.1. The quantitative estimate of drug-likeness (QED) is 0.866. The first-order valence-electron chi connectivity index (χ1n) is 9.16. The van der Waals surface area contributed by atoms with Crippen molar-refractivity contribution < 1.29 is 9.84 Å². The van der Waals surface area contributed by atoms with Crippen LogP contribution in [0.3, 0.4) is 0 Å². The van der Waals surface area contributed by atoms with E-state index >= 15 is 0 Å². The van der Waals surface area contributed by atoms with Crippen molar-refractivity contribution in [3.8, 4) is 11.8 Å². The maximum atomic E-state index is 11.6. The summed E-state index contributed by atoms with van der Waals surface area (Å²) >= 11 is 0. The molecule has 0 amide bonds. The number of aromatic nitrogens is 1. The third kappa shape index (κ3) is 2.93. The summed E-state index contributed by atoms with van der Waals surface area (Å²) in [5.74, 6) is 6.97. The predicted octanol–water partition coefficient (Wildman–Crippen LogP) is 2.43. The molecule has 5 rings (SSSR count). The fourth-order valence-corrected chi connectivity index (χ4v) is 4.21. The van der Waals surface area contributed by atoms with Crippen LogP contribution in [0.2, 0.25) is 0 Å². The molecule has 134 valence electrons. The molecule has 0 radical (unpaired) electrons. The van der Waals surface area contributed by atoms with Crippen LogP contribution in [0.4, 0.5) is 0 Å². The molecule has 0 saturated carbocycles. The Hall–Kier alpha value is -2.19. The van der Waals surface area contributed by atoms with Gasteiger partial charge in [0.05, 0.1) is 0 Å². The van der Waals surface area contributed by atoms with Gasteiger partial charge in [0.15, 0.2) is 5.60 Å². The lowest BCUT2D eigenvalue weighted by Crippen LogP contribution is -2.59. The third-order valence-corrected chi connectivity index (χ3v) is 5.80. The van der Waals surface area contributed by atoms with Gasteiger partial charge in [-0.15, -0.1) is 0 Å². The van der Waals surface area contributed by atoms with Crippen molar-refractivity contribution in [2.24, 2.45) is 5.92 Å². The van der Waals surface area contributed by atoms with E-state index in [2.05, 4.69) is 21.7 Å². The number of nitrogens with zero attached hydrogens (tertiary/aromatic N) is 2. The third-order valence-electron chi connectivity index (χ3n) is 5.80. The van der Waals surface area contributed by atoms with E-state index in [1.54, 1.807) is 19.5 Å². The lowest BCUT2D eigenvalue weighted by Gasteiger charge is -2.49. The molecule has 3 aliphatic rings. The van der Waals surface area contributed by atoms with Crippen molar-refractivity contribution in [2.75, 3.05) is 26.7 Å². The van der Waals surface area contributed by atoms with E-state index < -0.39 is 11.2 Å². The standard InChI is InChI=1S/C22H24N2O2/c1-26-21(17-24-14-9-18(21)10-15-24)11-12-22(25,19-6-3-2-4-7-19)20-8-5-13-23-16-20/h2-8,13,16,18,25H,9-10,14-15,17H2,1H3/t21-,22?/m1/s1. The maximum absolute atomic E-state index is 11.6. The summed E-state index contributed by atoms with van der Waals surface area (Å²) in [6.07, 6.45) is 5.57. The second-order valence-electron chi connectivity index (χ2n) is 7.21. The normalized spacial score (nSPS) is 29.5. The number of piperidine rings is 3. The molecule has 2 bridgehead atoms. The molecular weight excluding hydrogens is 324 g/mol. The smallest absolute Gasteiger partial charge is 0.178 e. The number of hydrogen-bond acceptors (Lipinski definition) is 4. The molecule has 26 heavy (non-hydrogen) atoms. The van der Waals surface area contributed by atoms with Gasteiger partial charge in [0.2, 0.25) is 0 Å². The second-order valence-corrected chi connectivity index (χ2v) is 7.21. The second kappa shape index (κ2) is 6.85. The summed E-state index contributed by atoms with van der Waals surface area (Å²) in [5, 5.41) is 11.6. The summed E-state index contributed by atoms with van der Waals surface area (Å²) in [4.78, 5) is 6.59. The minimum Gasteiger partial charge on any atom is -0.369 e. The van der Waals surface area contributed by atoms with Crippen LogP contribution in [0.25, 0.3) is 0 Å². The van der Waals surface area contributed by atoms with Crippen LogP contribution in [0.1, 0.15) is 24.0 Å². The number of ether oxygens (including phenoxy) is 1. The van der Waals surface area contributed by atoms with Gasteiger partial charge in [-0.05, 0) is 32.0 Å². The van der Waals surface area contributed by atoms with Crippen LogP contribution in [0, 0.1) is 17.8 Å². The van der Waals surface area contributed by atoms with Crippen LogP contribution >= 0.6 is 0 Å². The van der Waals surface area contributed by atoms with Gasteiger partial charge in [-0.2, -0.15) is 0 Å². The number of pyridine rings is 1. The lowest BCUT2D eigenvalue weighted by atomic mass is 9.75. The number of fused-ring (bicyclic) bond motifs is 3. The first kappa shape index (κ1) is 17.2. The zero-order valence-corrected chi connectivity index (χ0v) is 15.1. The van der Waals surface area contributed by atoms with E-state index in [1.165, 1.54) is 0 Å². The fraction of sp³-hybridized carbons (Fsp3) is 0.409. The molecule has 4 nitrogen and oxygen atoms in total. The van der Waals surface area contributed by atoms with E-state index in [-0.39, 0.29) is 0 Å². The van der Waals surface area contributed by atoms with E-state index in [0.29, 0.717) is 11.5 Å². The molecule has 1 aromatic heterocycles. The fourth-order valence-electron chi connectivity index (χ4n) is 4.21. The van der Waals surface area contributed by atoms with Crippen molar-refractivity contribution in [1.82, 2.24) is 9.88 Å². The topological polar surface area (TPSA) is 45.6 Å². The van der Waals surface area contributed by atoms with E-state index in [1.807, 2.05) is 42.5 Å². The Bertz CT molecular complexity index is 765. The van der Waals surface area contributed by atoms with Crippen molar-refractivity contribution in [2.45, 2.75) is 24.0 Å². The van der Waals surface area contributed by atoms with Gasteiger partial charge in [0, 0.05) is 43.1 Å². The minimum atomic E-state index is -1.41. The Kier molecular flexibility index (Phi) is 4.54. The molecule has 1 unspecified atom stereocenters. The molecule has 3 fully saturated rings. The van der Waals surface area contributed by atoms with Gasteiger partial charge >= 0.3 is 0 Å². The van der Waals surface area contributed by atoms with Crippen LogP contribution in [-0.2, 0) is 10.3 Å². The van der Waals surface area contributed by atoms with Crippen LogP contribution < -0.4 is 0 Å². The minimum absolute atomic E-state index is 0.416. The van der Waals surface area contributed by atoms with Crippen molar-refractivity contribution in [3.63, 3.8) is 0 Å². The van der Waals surface area contributed by atoms with Gasteiger partial charge in [0.25, 0.3) is 0 Å². The molecule has 3 saturated heterocycles. The Labute approximate surface area is 154 Å². The molecule has 1 N–H and O–H groups in total. The summed E-state index contributed by atoms with van der Waals surface area (Å²) in [6.45, 7) is 3.03. The summed E-state index contributed by atoms with van der Waals surface area (Å²) in [6, 6.07) is 13.3. The molecule has 1 aromatic carbocycles. The van der Waals surface area contributed by atoms with Crippen molar-refractivity contribution in [3.05, 3.63) is 66.0 Å². The Morgan fingerprint density at radius 1 is 1.15 bits per heavy atom. The number of rotatable bonds is 3. The predicted molar refractivity (Wildman–Crippen MR) is 100 cm³/mol. The highest BCUT2D eigenvalue weighted by Crippen LogP contribution is 2.38. The highest BCUT2D eigenvalue weighted by Gasteiger charge is 2.46. The molecule has 2 atom stereocenters. The van der Waals surface area contributed by atoms with E-state index in [4.69, 9.17) is 4.74 Å².